The van der Waals surface area contributed by atoms with Crippen LogP contribution in [0.15, 0.2) is 18.2 Å². The molecule has 1 aliphatic carbocycles. The molecule has 0 aliphatic heterocycles. The Labute approximate surface area is 115 Å². The molecule has 2 nitrogen and oxygen atoms in total. The predicted molar refractivity (Wildman–Crippen MR) is 74.0 cm³/mol. The van der Waals surface area contributed by atoms with Crippen molar-refractivity contribution < 1.29 is 4.79 Å². The number of benzene rings is 1. The first-order valence-corrected chi connectivity index (χ1v) is 7.17. The van der Waals surface area contributed by atoms with E-state index < -0.39 is 0 Å². The maximum atomic E-state index is 12.0. The van der Waals surface area contributed by atoms with E-state index >= 15 is 0 Å². The van der Waals surface area contributed by atoms with Gasteiger partial charge in [-0.25, -0.2) is 0 Å². The topological polar surface area (TPSA) is 29.1 Å². The monoisotopic (exact) mass is 315 g/mol. The standard InChI is InChI=1S/C13H15BrClNO/c1-9-2-3-10(11(15)6-9)12(17)16-8-13(7-14)4-5-13/h2-3,6H,4-5,7-8H2,1H3,(H,16,17). The summed E-state index contributed by atoms with van der Waals surface area (Å²) in [6.45, 7) is 2.68. The third-order valence-corrected chi connectivity index (χ3v) is 4.74. The van der Waals surface area contributed by atoms with Crippen molar-refractivity contribution in [3.05, 3.63) is 34.3 Å². The molecule has 17 heavy (non-hydrogen) atoms. The Morgan fingerprint density at radius 1 is 1.53 bits per heavy atom. The van der Waals surface area contributed by atoms with Gasteiger partial charge in [-0.05, 0) is 42.9 Å². The van der Waals surface area contributed by atoms with Crippen molar-refractivity contribution in [2.24, 2.45) is 5.41 Å². The van der Waals surface area contributed by atoms with Gasteiger partial charge in [-0.3, -0.25) is 4.79 Å². The van der Waals surface area contributed by atoms with Gasteiger partial charge in [-0.15, -0.1) is 0 Å². The van der Waals surface area contributed by atoms with Crippen LogP contribution in [0.5, 0.6) is 0 Å². The van der Waals surface area contributed by atoms with Gasteiger partial charge in [0.1, 0.15) is 0 Å². The van der Waals surface area contributed by atoms with Crippen LogP contribution in [0.1, 0.15) is 28.8 Å². The van der Waals surface area contributed by atoms with Crippen molar-refractivity contribution >= 4 is 33.4 Å². The second-order valence-corrected chi connectivity index (χ2v) is 5.77. The van der Waals surface area contributed by atoms with E-state index in [9.17, 15) is 4.79 Å². The number of carbonyl (C=O) groups is 1. The summed E-state index contributed by atoms with van der Waals surface area (Å²) >= 11 is 9.54. The number of nitrogens with one attached hydrogen (secondary N) is 1. The first-order chi connectivity index (χ1) is 8.06. The van der Waals surface area contributed by atoms with Crippen LogP contribution in [0, 0.1) is 12.3 Å². The highest BCUT2D eigenvalue weighted by Gasteiger charge is 2.41. The molecule has 0 radical (unpaired) electrons. The first kappa shape index (κ1) is 12.9. The molecule has 1 aliphatic rings. The SMILES string of the molecule is Cc1ccc(C(=O)NCC2(CBr)CC2)c(Cl)c1. The minimum Gasteiger partial charge on any atom is -0.351 e. The average molecular weight is 317 g/mol. The van der Waals surface area contributed by atoms with E-state index in [1.54, 1.807) is 6.07 Å². The van der Waals surface area contributed by atoms with Crippen molar-refractivity contribution in [1.29, 1.82) is 0 Å². The molecule has 1 N–H and O–H groups in total. The number of halogens is 2. The molecule has 1 saturated carbocycles. The summed E-state index contributed by atoms with van der Waals surface area (Å²) in [6.07, 6.45) is 2.36. The summed E-state index contributed by atoms with van der Waals surface area (Å²) in [4.78, 5) is 12.0. The highest BCUT2D eigenvalue weighted by molar-refractivity contribution is 9.09. The molecule has 0 bridgehead atoms. The lowest BCUT2D eigenvalue weighted by Crippen LogP contribution is -2.31. The molecule has 2 rings (SSSR count). The maximum Gasteiger partial charge on any atom is 0.252 e. The fourth-order valence-corrected chi connectivity index (χ4v) is 2.78. The summed E-state index contributed by atoms with van der Waals surface area (Å²) in [5.41, 5.74) is 1.90. The molecule has 4 heteroatoms. The lowest BCUT2D eigenvalue weighted by molar-refractivity contribution is 0.0947. The third kappa shape index (κ3) is 3.02. The highest BCUT2D eigenvalue weighted by Crippen LogP contribution is 2.46. The van der Waals surface area contributed by atoms with E-state index in [0.717, 1.165) is 17.4 Å². The van der Waals surface area contributed by atoms with Crippen molar-refractivity contribution in [2.45, 2.75) is 19.8 Å². The minimum atomic E-state index is -0.0813. The van der Waals surface area contributed by atoms with Crippen LogP contribution in [-0.4, -0.2) is 17.8 Å². The Morgan fingerprint density at radius 2 is 2.24 bits per heavy atom. The third-order valence-electron chi connectivity index (χ3n) is 3.23. The number of carbonyl (C=O) groups excluding carboxylic acids is 1. The second-order valence-electron chi connectivity index (χ2n) is 4.80. The van der Waals surface area contributed by atoms with Crippen LogP contribution in [0.25, 0.3) is 0 Å². The van der Waals surface area contributed by atoms with Crippen molar-refractivity contribution in [3.8, 4) is 0 Å². The molecule has 1 aromatic rings. The fourth-order valence-electron chi connectivity index (χ4n) is 1.70. The number of hydrogen-bond donors (Lipinski definition) is 1. The number of alkyl halides is 1. The second kappa shape index (κ2) is 4.99. The van der Waals surface area contributed by atoms with Crippen molar-refractivity contribution in [1.82, 2.24) is 5.32 Å². The van der Waals surface area contributed by atoms with Crippen LogP contribution < -0.4 is 5.32 Å². The normalized spacial score (nSPS) is 16.6. The summed E-state index contributed by atoms with van der Waals surface area (Å²) in [5.74, 6) is -0.0813. The summed E-state index contributed by atoms with van der Waals surface area (Å²) < 4.78 is 0. The summed E-state index contributed by atoms with van der Waals surface area (Å²) in [6, 6.07) is 5.49. The smallest absolute Gasteiger partial charge is 0.252 e. The van der Waals surface area contributed by atoms with Gasteiger partial charge < -0.3 is 5.32 Å². The van der Waals surface area contributed by atoms with Crippen LogP contribution in [0.2, 0.25) is 5.02 Å². The number of hydrogen-bond acceptors (Lipinski definition) is 1. The number of rotatable bonds is 4. The summed E-state index contributed by atoms with van der Waals surface area (Å²) in [5, 5.41) is 4.43. The van der Waals surface area contributed by atoms with E-state index in [2.05, 4.69) is 21.2 Å². The van der Waals surface area contributed by atoms with Gasteiger partial charge >= 0.3 is 0 Å². The predicted octanol–water partition coefficient (Wildman–Crippen LogP) is 3.55. The molecule has 0 spiro atoms. The van der Waals surface area contributed by atoms with Gasteiger partial charge in [0.15, 0.2) is 0 Å². The molecule has 1 amide bonds. The Hall–Kier alpha value is -0.540. The maximum absolute atomic E-state index is 12.0. The largest absolute Gasteiger partial charge is 0.351 e. The van der Waals surface area contributed by atoms with Gasteiger partial charge in [-0.1, -0.05) is 33.6 Å². The lowest BCUT2D eigenvalue weighted by atomic mass is 10.1. The Balaban J connectivity index is 2.00. The van der Waals surface area contributed by atoms with Gasteiger partial charge in [0, 0.05) is 11.9 Å². The molecule has 1 fully saturated rings. The number of amides is 1. The van der Waals surface area contributed by atoms with Crippen molar-refractivity contribution in [3.63, 3.8) is 0 Å². The quantitative estimate of drug-likeness (QED) is 0.846. The molecular formula is C13H15BrClNO. The Bertz CT molecular complexity index is 443. The first-order valence-electron chi connectivity index (χ1n) is 5.67. The van der Waals surface area contributed by atoms with Gasteiger partial charge in [0.25, 0.3) is 5.91 Å². The zero-order valence-corrected chi connectivity index (χ0v) is 12.1. The fraction of sp³-hybridized carbons (Fsp3) is 0.462. The summed E-state index contributed by atoms with van der Waals surface area (Å²) in [7, 11) is 0. The Kier molecular flexibility index (Phi) is 3.79. The molecule has 0 unspecified atom stereocenters. The molecule has 0 atom stereocenters. The molecule has 0 saturated heterocycles. The molecular weight excluding hydrogens is 302 g/mol. The van der Waals surface area contributed by atoms with Crippen LogP contribution >= 0.6 is 27.5 Å². The Morgan fingerprint density at radius 3 is 2.76 bits per heavy atom. The molecule has 1 aromatic carbocycles. The molecule has 0 heterocycles. The zero-order chi connectivity index (χ0) is 12.5. The van der Waals surface area contributed by atoms with Crippen LogP contribution in [0.4, 0.5) is 0 Å². The average Bonchev–Trinajstić information content (AvgIpc) is 3.07. The zero-order valence-electron chi connectivity index (χ0n) is 9.72. The van der Waals surface area contributed by atoms with E-state index in [1.807, 2.05) is 19.1 Å². The van der Waals surface area contributed by atoms with Gasteiger partial charge in [-0.2, -0.15) is 0 Å². The van der Waals surface area contributed by atoms with E-state index in [0.29, 0.717) is 10.6 Å². The van der Waals surface area contributed by atoms with Crippen LogP contribution in [0.3, 0.4) is 0 Å². The molecule has 92 valence electrons. The van der Waals surface area contributed by atoms with Crippen LogP contribution in [-0.2, 0) is 0 Å². The minimum absolute atomic E-state index is 0.0813. The highest BCUT2D eigenvalue weighted by atomic mass is 79.9. The van der Waals surface area contributed by atoms with Gasteiger partial charge in [0.2, 0.25) is 0 Å². The lowest BCUT2D eigenvalue weighted by Gasteiger charge is -2.13. The van der Waals surface area contributed by atoms with Gasteiger partial charge in [0.05, 0.1) is 10.6 Å². The van der Waals surface area contributed by atoms with Crippen molar-refractivity contribution in [2.75, 3.05) is 11.9 Å². The molecule has 0 aromatic heterocycles. The van der Waals surface area contributed by atoms with E-state index in [4.69, 9.17) is 11.6 Å². The van der Waals surface area contributed by atoms with E-state index in [1.165, 1.54) is 12.8 Å². The number of aryl methyl sites for hydroxylation is 1. The van der Waals surface area contributed by atoms with E-state index in [-0.39, 0.29) is 11.3 Å².